The minimum absolute atomic E-state index is 0.0378. The molecule has 0 saturated heterocycles. The fourth-order valence-corrected chi connectivity index (χ4v) is 1.50. The van der Waals surface area contributed by atoms with Crippen LogP contribution in [0.15, 0.2) is 42.6 Å². The minimum Gasteiger partial charge on any atom is -0.289 e. The van der Waals surface area contributed by atoms with Gasteiger partial charge in [0.05, 0.1) is 0 Å². The van der Waals surface area contributed by atoms with E-state index in [0.717, 1.165) is 5.69 Å². The second-order valence-electron chi connectivity index (χ2n) is 3.52. The van der Waals surface area contributed by atoms with E-state index in [1.165, 1.54) is 0 Å². The number of carbonyl (C=O) groups is 1. The standard InChI is InChI=1S/C13H10ClNO/c1-9-2-3-11(8-15-9)13(16)10-4-6-12(14)7-5-10/h2-8H,1H3. The number of hydrogen-bond acceptors (Lipinski definition) is 2. The Morgan fingerprint density at radius 2 is 1.69 bits per heavy atom. The van der Waals surface area contributed by atoms with Gasteiger partial charge in [0.1, 0.15) is 0 Å². The quantitative estimate of drug-likeness (QED) is 0.743. The molecule has 0 fully saturated rings. The molecule has 0 aliphatic carbocycles. The van der Waals surface area contributed by atoms with E-state index in [9.17, 15) is 4.79 Å². The van der Waals surface area contributed by atoms with Crippen LogP contribution in [0.4, 0.5) is 0 Å². The second kappa shape index (κ2) is 4.45. The summed E-state index contributed by atoms with van der Waals surface area (Å²) in [5.74, 6) is -0.0378. The van der Waals surface area contributed by atoms with Gasteiger partial charge in [-0.2, -0.15) is 0 Å². The first-order valence-corrected chi connectivity index (χ1v) is 5.27. The van der Waals surface area contributed by atoms with Gasteiger partial charge in [-0.25, -0.2) is 0 Å². The highest BCUT2D eigenvalue weighted by Crippen LogP contribution is 2.13. The summed E-state index contributed by atoms with van der Waals surface area (Å²) in [4.78, 5) is 16.1. The van der Waals surface area contributed by atoms with Crippen molar-refractivity contribution < 1.29 is 4.79 Å². The number of benzene rings is 1. The molecule has 1 aromatic heterocycles. The Labute approximate surface area is 98.9 Å². The highest BCUT2D eigenvalue weighted by molar-refractivity contribution is 6.30. The zero-order valence-corrected chi connectivity index (χ0v) is 9.53. The molecule has 80 valence electrons. The molecule has 2 aromatic rings. The van der Waals surface area contributed by atoms with Crippen molar-refractivity contribution in [2.45, 2.75) is 6.92 Å². The van der Waals surface area contributed by atoms with Crippen molar-refractivity contribution in [3.8, 4) is 0 Å². The van der Waals surface area contributed by atoms with E-state index >= 15 is 0 Å². The summed E-state index contributed by atoms with van der Waals surface area (Å²) in [7, 11) is 0. The fraction of sp³-hybridized carbons (Fsp3) is 0.0769. The van der Waals surface area contributed by atoms with E-state index in [-0.39, 0.29) is 5.78 Å². The largest absolute Gasteiger partial charge is 0.289 e. The summed E-state index contributed by atoms with van der Waals surface area (Å²) in [5, 5.41) is 0.624. The van der Waals surface area contributed by atoms with E-state index in [4.69, 9.17) is 11.6 Å². The predicted octanol–water partition coefficient (Wildman–Crippen LogP) is 3.27. The van der Waals surface area contributed by atoms with Crippen LogP contribution >= 0.6 is 11.6 Å². The lowest BCUT2D eigenvalue weighted by Gasteiger charge is -2.01. The molecule has 0 N–H and O–H groups in total. The van der Waals surface area contributed by atoms with Crippen molar-refractivity contribution in [1.29, 1.82) is 0 Å². The molecule has 0 unspecified atom stereocenters. The van der Waals surface area contributed by atoms with Crippen LogP contribution in [0.25, 0.3) is 0 Å². The number of aryl methyl sites for hydroxylation is 1. The molecule has 3 heteroatoms. The minimum atomic E-state index is -0.0378. The topological polar surface area (TPSA) is 30.0 Å². The van der Waals surface area contributed by atoms with Crippen molar-refractivity contribution in [3.05, 3.63) is 64.4 Å². The lowest BCUT2D eigenvalue weighted by Crippen LogP contribution is -2.01. The average molecular weight is 232 g/mol. The van der Waals surface area contributed by atoms with Crippen LogP contribution in [0.5, 0.6) is 0 Å². The van der Waals surface area contributed by atoms with E-state index in [2.05, 4.69) is 4.98 Å². The molecule has 2 nitrogen and oxygen atoms in total. The van der Waals surface area contributed by atoms with Gasteiger partial charge in [0.2, 0.25) is 0 Å². The number of nitrogens with zero attached hydrogens (tertiary/aromatic N) is 1. The van der Waals surface area contributed by atoms with E-state index in [0.29, 0.717) is 16.1 Å². The van der Waals surface area contributed by atoms with Crippen molar-refractivity contribution in [2.24, 2.45) is 0 Å². The maximum Gasteiger partial charge on any atom is 0.194 e. The van der Waals surface area contributed by atoms with Gasteiger partial charge >= 0.3 is 0 Å². The molecule has 0 atom stereocenters. The van der Waals surface area contributed by atoms with Crippen molar-refractivity contribution >= 4 is 17.4 Å². The maximum absolute atomic E-state index is 12.0. The van der Waals surface area contributed by atoms with Gasteiger partial charge in [-0.1, -0.05) is 11.6 Å². The summed E-state index contributed by atoms with van der Waals surface area (Å²) in [6.45, 7) is 1.89. The first kappa shape index (κ1) is 10.8. The molecule has 16 heavy (non-hydrogen) atoms. The SMILES string of the molecule is Cc1ccc(C(=O)c2ccc(Cl)cc2)cn1. The molecule has 0 amide bonds. The Hall–Kier alpha value is -1.67. The predicted molar refractivity (Wildman–Crippen MR) is 63.9 cm³/mol. The number of carbonyl (C=O) groups excluding carboxylic acids is 1. The van der Waals surface area contributed by atoms with Gasteiger partial charge in [0, 0.05) is 28.0 Å². The lowest BCUT2D eigenvalue weighted by molar-refractivity contribution is 0.103. The van der Waals surface area contributed by atoms with Crippen molar-refractivity contribution in [3.63, 3.8) is 0 Å². The summed E-state index contributed by atoms with van der Waals surface area (Å²) in [6, 6.07) is 10.4. The third kappa shape index (κ3) is 2.28. The Kier molecular flexibility index (Phi) is 3.02. The van der Waals surface area contributed by atoms with E-state index < -0.39 is 0 Å². The van der Waals surface area contributed by atoms with Crippen molar-refractivity contribution in [1.82, 2.24) is 4.98 Å². The molecule has 2 rings (SSSR count). The number of aromatic nitrogens is 1. The summed E-state index contributed by atoms with van der Waals surface area (Å²) in [6.07, 6.45) is 1.59. The number of halogens is 1. The first-order chi connectivity index (χ1) is 7.66. The Morgan fingerprint density at radius 3 is 2.25 bits per heavy atom. The number of pyridine rings is 1. The smallest absolute Gasteiger partial charge is 0.194 e. The highest BCUT2D eigenvalue weighted by Gasteiger charge is 2.08. The van der Waals surface area contributed by atoms with E-state index in [1.54, 1.807) is 36.5 Å². The molecular weight excluding hydrogens is 222 g/mol. The van der Waals surface area contributed by atoms with Gasteiger partial charge in [0.15, 0.2) is 5.78 Å². The number of rotatable bonds is 2. The van der Waals surface area contributed by atoms with Crippen LogP contribution in [-0.4, -0.2) is 10.8 Å². The number of ketones is 1. The Balaban J connectivity index is 2.32. The zero-order valence-electron chi connectivity index (χ0n) is 8.77. The molecule has 1 aromatic carbocycles. The lowest BCUT2D eigenvalue weighted by atomic mass is 10.1. The molecule has 0 radical (unpaired) electrons. The van der Waals surface area contributed by atoms with Crippen LogP contribution in [0.1, 0.15) is 21.6 Å². The molecule has 0 aliphatic heterocycles. The Bertz CT molecular complexity index is 455. The first-order valence-electron chi connectivity index (χ1n) is 4.90. The molecular formula is C13H10ClNO. The fourth-order valence-electron chi connectivity index (χ4n) is 1.37. The van der Waals surface area contributed by atoms with Gasteiger partial charge in [-0.05, 0) is 43.3 Å². The van der Waals surface area contributed by atoms with Gasteiger partial charge in [-0.3, -0.25) is 9.78 Å². The Morgan fingerprint density at radius 1 is 1.06 bits per heavy atom. The normalized spacial score (nSPS) is 10.1. The van der Waals surface area contributed by atoms with Gasteiger partial charge in [0.25, 0.3) is 0 Å². The van der Waals surface area contributed by atoms with Crippen LogP contribution in [0, 0.1) is 6.92 Å². The molecule has 0 spiro atoms. The van der Waals surface area contributed by atoms with Crippen LogP contribution in [0.3, 0.4) is 0 Å². The van der Waals surface area contributed by atoms with Crippen LogP contribution in [0.2, 0.25) is 5.02 Å². The molecule has 0 saturated carbocycles. The van der Waals surface area contributed by atoms with Gasteiger partial charge < -0.3 is 0 Å². The third-order valence-electron chi connectivity index (χ3n) is 2.28. The molecule has 0 aliphatic rings. The summed E-state index contributed by atoms with van der Waals surface area (Å²) in [5.41, 5.74) is 2.11. The number of hydrogen-bond donors (Lipinski definition) is 0. The summed E-state index contributed by atoms with van der Waals surface area (Å²) < 4.78 is 0. The monoisotopic (exact) mass is 231 g/mol. The van der Waals surface area contributed by atoms with Crippen LogP contribution < -0.4 is 0 Å². The highest BCUT2D eigenvalue weighted by atomic mass is 35.5. The van der Waals surface area contributed by atoms with Crippen molar-refractivity contribution in [2.75, 3.05) is 0 Å². The third-order valence-corrected chi connectivity index (χ3v) is 2.53. The molecule has 0 bridgehead atoms. The van der Waals surface area contributed by atoms with Gasteiger partial charge in [-0.15, -0.1) is 0 Å². The maximum atomic E-state index is 12.0. The molecule has 1 heterocycles. The summed E-state index contributed by atoms with van der Waals surface area (Å²) >= 11 is 5.76. The second-order valence-corrected chi connectivity index (χ2v) is 3.96. The zero-order chi connectivity index (χ0) is 11.5. The van der Waals surface area contributed by atoms with E-state index in [1.807, 2.05) is 13.0 Å². The van der Waals surface area contributed by atoms with Crippen LogP contribution in [-0.2, 0) is 0 Å². The average Bonchev–Trinajstić information content (AvgIpc) is 2.30.